The number of ketones is 1. The molecule has 33 heavy (non-hydrogen) atoms. The van der Waals surface area contributed by atoms with Gasteiger partial charge in [-0.1, -0.05) is 36.8 Å². The van der Waals surface area contributed by atoms with Crippen LogP contribution in [0, 0.1) is 0 Å². The van der Waals surface area contributed by atoms with Crippen LogP contribution >= 0.6 is 11.8 Å². The minimum absolute atomic E-state index is 0.152. The average molecular weight is 470 g/mol. The zero-order valence-corrected chi connectivity index (χ0v) is 19.8. The Morgan fingerprint density at radius 2 is 1.55 bits per heavy atom. The molecule has 0 aliphatic heterocycles. The standard InChI is InChI=1S/C25H27NO6S/c1-5-6-23(26-32-18(4)27)24(28)19-7-11-21(12-8-19)33-22-13-9-20(10-14-22)30-15-16-31-25(29)17(2)3/h7-14H,2,5-6,15-16H2,1,3-4H3/b26-23+. The first-order valence-corrected chi connectivity index (χ1v) is 11.2. The van der Waals surface area contributed by atoms with E-state index in [2.05, 4.69) is 16.6 Å². The molecule has 8 heteroatoms. The van der Waals surface area contributed by atoms with Crippen molar-refractivity contribution in [2.24, 2.45) is 5.16 Å². The van der Waals surface area contributed by atoms with Gasteiger partial charge in [0.1, 0.15) is 24.7 Å². The fraction of sp³-hybridized carbons (Fsp3) is 0.280. The quantitative estimate of drug-likeness (QED) is 0.0799. The molecule has 0 N–H and O–H groups in total. The largest absolute Gasteiger partial charge is 0.490 e. The van der Waals surface area contributed by atoms with Crippen LogP contribution in [0.4, 0.5) is 0 Å². The van der Waals surface area contributed by atoms with Gasteiger partial charge in [0.15, 0.2) is 0 Å². The van der Waals surface area contributed by atoms with Gasteiger partial charge in [0.05, 0.1) is 0 Å². The summed E-state index contributed by atoms with van der Waals surface area (Å²) in [6.07, 6.45) is 1.13. The van der Waals surface area contributed by atoms with Crippen LogP contribution in [-0.2, 0) is 19.2 Å². The maximum Gasteiger partial charge on any atom is 0.333 e. The van der Waals surface area contributed by atoms with Crippen LogP contribution in [0.2, 0.25) is 0 Å². The fourth-order valence-corrected chi connectivity index (χ4v) is 3.37. The van der Waals surface area contributed by atoms with Crippen LogP contribution in [0.1, 0.15) is 44.0 Å². The van der Waals surface area contributed by atoms with Crippen molar-refractivity contribution >= 4 is 35.2 Å². The molecule has 2 aromatic rings. The van der Waals surface area contributed by atoms with E-state index >= 15 is 0 Å². The minimum atomic E-state index is -0.564. The van der Waals surface area contributed by atoms with E-state index in [1.165, 1.54) is 18.7 Å². The first-order chi connectivity index (χ1) is 15.8. The molecule has 0 bridgehead atoms. The van der Waals surface area contributed by atoms with Gasteiger partial charge in [-0.05, 0) is 61.9 Å². The van der Waals surface area contributed by atoms with Crippen molar-refractivity contribution in [1.82, 2.24) is 0 Å². The van der Waals surface area contributed by atoms with Crippen molar-refractivity contribution in [2.75, 3.05) is 13.2 Å². The molecular formula is C25H27NO6S. The van der Waals surface area contributed by atoms with Gasteiger partial charge < -0.3 is 14.3 Å². The van der Waals surface area contributed by atoms with Crippen molar-refractivity contribution in [3.63, 3.8) is 0 Å². The zero-order valence-electron chi connectivity index (χ0n) is 19.0. The fourth-order valence-electron chi connectivity index (χ4n) is 2.55. The average Bonchev–Trinajstić information content (AvgIpc) is 2.80. The zero-order chi connectivity index (χ0) is 24.2. The van der Waals surface area contributed by atoms with Gasteiger partial charge in [-0.3, -0.25) is 4.79 Å². The molecule has 0 radical (unpaired) electrons. The number of ether oxygens (including phenoxy) is 2. The minimum Gasteiger partial charge on any atom is -0.490 e. The third kappa shape index (κ3) is 8.94. The highest BCUT2D eigenvalue weighted by molar-refractivity contribution is 7.99. The van der Waals surface area contributed by atoms with E-state index in [9.17, 15) is 14.4 Å². The van der Waals surface area contributed by atoms with Crippen LogP contribution in [-0.4, -0.2) is 36.6 Å². The first-order valence-electron chi connectivity index (χ1n) is 10.4. The lowest BCUT2D eigenvalue weighted by molar-refractivity contribution is -0.141. The third-order valence-electron chi connectivity index (χ3n) is 4.14. The van der Waals surface area contributed by atoms with Crippen molar-refractivity contribution in [3.8, 4) is 5.75 Å². The van der Waals surface area contributed by atoms with Crippen LogP contribution in [0.3, 0.4) is 0 Å². The maximum atomic E-state index is 12.7. The number of carbonyl (C=O) groups is 3. The summed E-state index contributed by atoms with van der Waals surface area (Å²) in [5.74, 6) is -0.589. The highest BCUT2D eigenvalue weighted by atomic mass is 32.2. The van der Waals surface area contributed by atoms with Crippen molar-refractivity contribution in [3.05, 3.63) is 66.2 Å². The number of nitrogens with zero attached hydrogens (tertiary/aromatic N) is 1. The van der Waals surface area contributed by atoms with E-state index in [1.54, 1.807) is 19.1 Å². The van der Waals surface area contributed by atoms with E-state index in [4.69, 9.17) is 9.47 Å². The van der Waals surface area contributed by atoms with Crippen LogP contribution < -0.4 is 4.74 Å². The Kier molecular flexibility index (Phi) is 10.4. The van der Waals surface area contributed by atoms with Gasteiger partial charge in [-0.2, -0.15) is 0 Å². The van der Waals surface area contributed by atoms with Gasteiger partial charge in [-0.15, -0.1) is 0 Å². The predicted molar refractivity (Wildman–Crippen MR) is 127 cm³/mol. The number of hydrogen-bond donors (Lipinski definition) is 0. The van der Waals surface area contributed by atoms with E-state index in [-0.39, 0.29) is 24.7 Å². The summed E-state index contributed by atoms with van der Waals surface area (Å²) in [6.45, 7) is 8.68. The van der Waals surface area contributed by atoms with Crippen molar-refractivity contribution in [1.29, 1.82) is 0 Å². The molecule has 0 aliphatic carbocycles. The second-order valence-electron chi connectivity index (χ2n) is 7.06. The summed E-state index contributed by atoms with van der Waals surface area (Å²) in [5.41, 5.74) is 1.05. The number of esters is 1. The van der Waals surface area contributed by atoms with Crippen molar-refractivity contribution < 1.29 is 28.7 Å². The highest BCUT2D eigenvalue weighted by Gasteiger charge is 2.15. The predicted octanol–water partition coefficient (Wildman–Crippen LogP) is 5.24. The van der Waals surface area contributed by atoms with Gasteiger partial charge >= 0.3 is 11.9 Å². The lowest BCUT2D eigenvalue weighted by atomic mass is 10.0. The summed E-state index contributed by atoms with van der Waals surface area (Å²) in [6, 6.07) is 14.7. The Bertz CT molecular complexity index is 1010. The van der Waals surface area contributed by atoms with Crippen LogP contribution in [0.25, 0.3) is 0 Å². The van der Waals surface area contributed by atoms with Crippen molar-refractivity contribution in [2.45, 2.75) is 43.4 Å². The van der Waals surface area contributed by atoms with Gasteiger partial charge in [0.2, 0.25) is 5.78 Å². The van der Waals surface area contributed by atoms with Gasteiger partial charge in [0.25, 0.3) is 0 Å². The molecule has 0 saturated heterocycles. The normalized spacial score (nSPS) is 10.9. The molecule has 0 spiro atoms. The molecule has 0 fully saturated rings. The number of benzene rings is 2. The number of carbonyl (C=O) groups excluding carboxylic acids is 3. The summed E-state index contributed by atoms with van der Waals surface area (Å²) in [4.78, 5) is 41.6. The number of rotatable bonds is 12. The third-order valence-corrected chi connectivity index (χ3v) is 5.16. The van der Waals surface area contributed by atoms with E-state index in [0.717, 1.165) is 9.79 Å². The second kappa shape index (κ2) is 13.2. The molecule has 0 amide bonds. The lowest BCUT2D eigenvalue weighted by Gasteiger charge is -2.08. The summed E-state index contributed by atoms with van der Waals surface area (Å²) in [5, 5.41) is 3.70. The lowest BCUT2D eigenvalue weighted by Crippen LogP contribution is -2.15. The molecule has 0 aliphatic rings. The van der Waals surface area contributed by atoms with E-state index < -0.39 is 11.9 Å². The topological polar surface area (TPSA) is 91.3 Å². The Hall–Kier alpha value is -3.39. The van der Waals surface area contributed by atoms with Crippen LogP contribution in [0.5, 0.6) is 5.75 Å². The summed E-state index contributed by atoms with van der Waals surface area (Å²) in [7, 11) is 0. The molecule has 0 heterocycles. The number of hydrogen-bond acceptors (Lipinski definition) is 8. The SMILES string of the molecule is C=C(C)C(=O)OCCOc1ccc(Sc2ccc(C(=O)/C(CCC)=N/OC(C)=O)cc2)cc1. The highest BCUT2D eigenvalue weighted by Crippen LogP contribution is 2.29. The molecule has 0 atom stereocenters. The molecule has 0 aromatic heterocycles. The van der Waals surface area contributed by atoms with E-state index in [1.807, 2.05) is 43.3 Å². The molecular weight excluding hydrogens is 442 g/mol. The van der Waals surface area contributed by atoms with Crippen LogP contribution in [0.15, 0.2) is 75.6 Å². The Morgan fingerprint density at radius 3 is 2.09 bits per heavy atom. The molecule has 174 valence electrons. The number of oxime groups is 1. The molecule has 7 nitrogen and oxygen atoms in total. The smallest absolute Gasteiger partial charge is 0.333 e. The molecule has 0 saturated carbocycles. The number of Topliss-reactive ketones (excluding diaryl/α,β-unsaturated/α-hetero) is 1. The Labute approximate surface area is 197 Å². The molecule has 0 unspecified atom stereocenters. The van der Waals surface area contributed by atoms with Gasteiger partial charge in [-0.25, -0.2) is 9.59 Å². The molecule has 2 aromatic carbocycles. The summed E-state index contributed by atoms with van der Waals surface area (Å²) < 4.78 is 10.5. The summed E-state index contributed by atoms with van der Waals surface area (Å²) >= 11 is 1.54. The molecule has 2 rings (SSSR count). The monoisotopic (exact) mass is 469 g/mol. The van der Waals surface area contributed by atoms with Gasteiger partial charge in [0, 0.05) is 27.9 Å². The Balaban J connectivity index is 1.91. The van der Waals surface area contributed by atoms with E-state index in [0.29, 0.717) is 29.7 Å². The Morgan fingerprint density at radius 1 is 0.939 bits per heavy atom. The first kappa shape index (κ1) is 25.9. The maximum absolute atomic E-state index is 12.7. The second-order valence-corrected chi connectivity index (χ2v) is 8.21.